The smallest absolute Gasteiger partial charge is 0.257 e. The third kappa shape index (κ3) is 2.92. The van der Waals surface area contributed by atoms with E-state index < -0.39 is 0 Å². The average molecular weight is 341 g/mol. The van der Waals surface area contributed by atoms with Gasteiger partial charge in [0, 0.05) is 25.4 Å². The Kier molecular flexibility index (Phi) is 4.02. The van der Waals surface area contributed by atoms with Crippen LogP contribution in [0.5, 0.6) is 0 Å². The number of piperidine rings is 2. The van der Waals surface area contributed by atoms with Gasteiger partial charge in [-0.15, -0.1) is 0 Å². The number of aromatic nitrogens is 3. The molecule has 134 valence electrons. The van der Waals surface area contributed by atoms with Gasteiger partial charge in [-0.2, -0.15) is 5.10 Å². The van der Waals surface area contributed by atoms with Crippen molar-refractivity contribution in [3.63, 3.8) is 0 Å². The molecule has 2 aliphatic heterocycles. The molecule has 6 nitrogen and oxygen atoms in total. The highest BCUT2D eigenvalue weighted by molar-refractivity contribution is 5.95. The maximum Gasteiger partial charge on any atom is 0.257 e. The Morgan fingerprint density at radius 3 is 2.68 bits per heavy atom. The van der Waals surface area contributed by atoms with Crippen LogP contribution in [0, 0.1) is 19.3 Å². The summed E-state index contributed by atoms with van der Waals surface area (Å²) in [7, 11) is 2.19. The van der Waals surface area contributed by atoms with Gasteiger partial charge in [0.15, 0.2) is 5.65 Å². The van der Waals surface area contributed by atoms with Gasteiger partial charge in [0.25, 0.3) is 5.91 Å². The minimum absolute atomic E-state index is 0.109. The van der Waals surface area contributed by atoms with Crippen LogP contribution in [0.2, 0.25) is 0 Å². The number of aryl methyl sites for hydroxylation is 2. The van der Waals surface area contributed by atoms with Crippen molar-refractivity contribution in [2.75, 3.05) is 33.2 Å². The molecule has 0 saturated carbocycles. The molecule has 1 spiro atoms. The van der Waals surface area contributed by atoms with Gasteiger partial charge < -0.3 is 9.80 Å². The van der Waals surface area contributed by atoms with E-state index >= 15 is 0 Å². The third-order valence-corrected chi connectivity index (χ3v) is 6.07. The molecule has 2 aromatic rings. The minimum Gasteiger partial charge on any atom is -0.338 e. The molecule has 25 heavy (non-hydrogen) atoms. The normalized spacial score (nSPS) is 21.2. The Morgan fingerprint density at radius 1 is 1.16 bits per heavy atom. The summed E-state index contributed by atoms with van der Waals surface area (Å²) in [6.07, 6.45) is 6.47. The van der Waals surface area contributed by atoms with Gasteiger partial charge in [-0.05, 0) is 65.1 Å². The van der Waals surface area contributed by atoms with E-state index in [2.05, 4.69) is 26.9 Å². The zero-order valence-corrected chi connectivity index (χ0v) is 15.5. The average Bonchev–Trinajstić information content (AvgIpc) is 2.99. The van der Waals surface area contributed by atoms with Gasteiger partial charge in [-0.25, -0.2) is 9.50 Å². The summed E-state index contributed by atoms with van der Waals surface area (Å²) in [4.78, 5) is 22.1. The first-order chi connectivity index (χ1) is 12.0. The number of amides is 1. The van der Waals surface area contributed by atoms with Crippen molar-refractivity contribution in [1.82, 2.24) is 24.4 Å². The number of nitrogens with zero attached hydrogens (tertiary/aromatic N) is 5. The summed E-state index contributed by atoms with van der Waals surface area (Å²) in [5.41, 5.74) is 3.60. The molecule has 4 rings (SSSR count). The molecule has 0 aliphatic carbocycles. The highest BCUT2D eigenvalue weighted by Gasteiger charge is 2.39. The fraction of sp³-hybridized carbons (Fsp3) is 0.632. The van der Waals surface area contributed by atoms with Gasteiger partial charge >= 0.3 is 0 Å². The van der Waals surface area contributed by atoms with E-state index in [4.69, 9.17) is 0 Å². The first-order valence-corrected chi connectivity index (χ1v) is 9.27. The second-order valence-electron chi connectivity index (χ2n) is 7.95. The first kappa shape index (κ1) is 16.5. The molecule has 0 bridgehead atoms. The molecule has 4 heterocycles. The number of hydrogen-bond donors (Lipinski definition) is 0. The van der Waals surface area contributed by atoms with E-state index in [1.807, 2.05) is 19.9 Å². The van der Waals surface area contributed by atoms with Crippen LogP contribution in [0.1, 0.15) is 47.4 Å². The summed E-state index contributed by atoms with van der Waals surface area (Å²) >= 11 is 0. The minimum atomic E-state index is 0.109. The number of rotatable bonds is 1. The zero-order valence-electron chi connectivity index (χ0n) is 15.5. The van der Waals surface area contributed by atoms with Gasteiger partial charge in [0.1, 0.15) is 0 Å². The highest BCUT2D eigenvalue weighted by atomic mass is 16.2. The Balaban J connectivity index is 1.59. The van der Waals surface area contributed by atoms with Gasteiger partial charge in [-0.3, -0.25) is 4.79 Å². The molecule has 2 saturated heterocycles. The standard InChI is InChI=1S/C19H27N5O/c1-14-11-17-20-12-16(15(2)24(17)21-14)18(25)23-8-4-5-19(13-23)6-9-22(3)10-7-19/h11-12H,4-10,13H2,1-3H3. The van der Waals surface area contributed by atoms with Crippen molar-refractivity contribution in [3.8, 4) is 0 Å². The van der Waals surface area contributed by atoms with Crippen LogP contribution in [0.25, 0.3) is 5.65 Å². The molecule has 0 N–H and O–H groups in total. The lowest BCUT2D eigenvalue weighted by molar-refractivity contribution is 0.0260. The summed E-state index contributed by atoms with van der Waals surface area (Å²) in [6.45, 7) is 7.93. The summed E-state index contributed by atoms with van der Waals surface area (Å²) in [5, 5.41) is 4.47. The number of hydrogen-bond acceptors (Lipinski definition) is 4. The second-order valence-corrected chi connectivity index (χ2v) is 7.95. The fourth-order valence-electron chi connectivity index (χ4n) is 4.43. The summed E-state index contributed by atoms with van der Waals surface area (Å²) in [5.74, 6) is 0.109. The number of likely N-dealkylation sites (tertiary alicyclic amines) is 2. The monoisotopic (exact) mass is 341 g/mol. The SMILES string of the molecule is Cc1cc2ncc(C(=O)N3CCCC4(CCN(C)CC4)C3)c(C)n2n1. The van der Waals surface area contributed by atoms with E-state index in [0.29, 0.717) is 11.0 Å². The van der Waals surface area contributed by atoms with Crippen molar-refractivity contribution in [2.45, 2.75) is 39.5 Å². The maximum absolute atomic E-state index is 13.2. The molecule has 6 heteroatoms. The summed E-state index contributed by atoms with van der Waals surface area (Å²) < 4.78 is 1.79. The molecule has 0 unspecified atom stereocenters. The second kappa shape index (κ2) is 6.09. The predicted octanol–water partition coefficient (Wildman–Crippen LogP) is 2.29. The van der Waals surface area contributed by atoms with E-state index in [-0.39, 0.29) is 5.91 Å². The van der Waals surface area contributed by atoms with Crippen LogP contribution in [-0.4, -0.2) is 63.5 Å². The lowest BCUT2D eigenvalue weighted by Gasteiger charge is -2.47. The molecule has 0 aromatic carbocycles. The Labute approximate surface area is 148 Å². The van der Waals surface area contributed by atoms with E-state index in [9.17, 15) is 4.79 Å². The molecule has 2 aliphatic rings. The number of carbonyl (C=O) groups is 1. The molecule has 1 amide bonds. The van der Waals surface area contributed by atoms with Crippen LogP contribution in [0.15, 0.2) is 12.3 Å². The van der Waals surface area contributed by atoms with E-state index in [0.717, 1.165) is 49.6 Å². The Hall–Kier alpha value is -1.95. The fourth-order valence-corrected chi connectivity index (χ4v) is 4.43. The van der Waals surface area contributed by atoms with Crippen LogP contribution in [-0.2, 0) is 0 Å². The Bertz CT molecular complexity index is 803. The third-order valence-electron chi connectivity index (χ3n) is 6.07. The summed E-state index contributed by atoms with van der Waals surface area (Å²) in [6, 6.07) is 1.94. The van der Waals surface area contributed by atoms with Crippen molar-refractivity contribution >= 4 is 11.6 Å². The van der Waals surface area contributed by atoms with Crippen molar-refractivity contribution in [2.24, 2.45) is 5.41 Å². The highest BCUT2D eigenvalue weighted by Crippen LogP contribution is 2.39. The van der Waals surface area contributed by atoms with Crippen LogP contribution < -0.4 is 0 Å². The number of fused-ring (bicyclic) bond motifs is 1. The van der Waals surface area contributed by atoms with E-state index in [1.54, 1.807) is 10.7 Å². The molecule has 2 fully saturated rings. The van der Waals surface area contributed by atoms with Gasteiger partial charge in [0.2, 0.25) is 0 Å². The Morgan fingerprint density at radius 2 is 1.92 bits per heavy atom. The van der Waals surface area contributed by atoms with Crippen molar-refractivity contribution < 1.29 is 4.79 Å². The first-order valence-electron chi connectivity index (χ1n) is 9.27. The topological polar surface area (TPSA) is 53.7 Å². The molecule has 2 aromatic heterocycles. The lowest BCUT2D eigenvalue weighted by Crippen LogP contribution is -2.50. The largest absolute Gasteiger partial charge is 0.338 e. The maximum atomic E-state index is 13.2. The van der Waals surface area contributed by atoms with E-state index in [1.165, 1.54) is 19.3 Å². The zero-order chi connectivity index (χ0) is 17.6. The van der Waals surface area contributed by atoms with Gasteiger partial charge in [-0.1, -0.05) is 0 Å². The molecule has 0 radical (unpaired) electrons. The van der Waals surface area contributed by atoms with Crippen LogP contribution in [0.4, 0.5) is 0 Å². The van der Waals surface area contributed by atoms with Crippen molar-refractivity contribution in [1.29, 1.82) is 0 Å². The lowest BCUT2D eigenvalue weighted by atomic mass is 9.72. The molecular formula is C19H27N5O. The van der Waals surface area contributed by atoms with Crippen LogP contribution >= 0.6 is 0 Å². The molecular weight excluding hydrogens is 314 g/mol. The van der Waals surface area contributed by atoms with Gasteiger partial charge in [0.05, 0.1) is 17.0 Å². The predicted molar refractivity (Wildman–Crippen MR) is 96.8 cm³/mol. The quantitative estimate of drug-likeness (QED) is 0.799. The number of carbonyl (C=O) groups excluding carboxylic acids is 1. The molecule has 0 atom stereocenters. The van der Waals surface area contributed by atoms with Crippen molar-refractivity contribution in [3.05, 3.63) is 29.2 Å². The van der Waals surface area contributed by atoms with Crippen LogP contribution in [0.3, 0.4) is 0 Å².